The third-order valence-electron chi connectivity index (χ3n) is 3.06. The number of anilines is 1. The topological polar surface area (TPSA) is 79.5 Å². The van der Waals surface area contributed by atoms with E-state index in [1.165, 1.54) is 11.3 Å². The Bertz CT molecular complexity index is 669. The predicted molar refractivity (Wildman–Crippen MR) is 76.8 cm³/mol. The minimum atomic E-state index is -1.05. The van der Waals surface area contributed by atoms with Gasteiger partial charge < -0.3 is 14.8 Å². The van der Waals surface area contributed by atoms with Crippen molar-refractivity contribution in [1.29, 1.82) is 0 Å². The van der Waals surface area contributed by atoms with Gasteiger partial charge in [-0.1, -0.05) is 6.92 Å². The second-order valence-corrected chi connectivity index (χ2v) is 5.59. The molecular formula is C14H15NO4S. The maximum absolute atomic E-state index is 12.0. The lowest BCUT2D eigenvalue weighted by molar-refractivity contribution is 0.0697. The molecule has 106 valence electrons. The van der Waals surface area contributed by atoms with Crippen LogP contribution in [0.2, 0.25) is 0 Å². The summed E-state index contributed by atoms with van der Waals surface area (Å²) in [7, 11) is 0. The molecule has 0 bridgehead atoms. The standard InChI is InChI=1S/C14H15NO4S/c1-4-9-5-6-10(19-9)12(16)15-13-11(14(17)18)7(2)8(3)20-13/h5-6H,4H2,1-3H3,(H,15,16)(H,17,18). The molecule has 0 fully saturated rings. The largest absolute Gasteiger partial charge is 0.478 e. The van der Waals surface area contributed by atoms with Crippen molar-refractivity contribution in [1.82, 2.24) is 0 Å². The molecule has 0 spiro atoms. The molecule has 0 aliphatic carbocycles. The molecule has 0 aliphatic rings. The molecule has 0 radical (unpaired) electrons. The lowest BCUT2D eigenvalue weighted by Crippen LogP contribution is -2.12. The number of carboxylic acids is 1. The van der Waals surface area contributed by atoms with Crippen molar-refractivity contribution >= 4 is 28.2 Å². The normalized spacial score (nSPS) is 10.6. The number of furan rings is 1. The van der Waals surface area contributed by atoms with E-state index in [4.69, 9.17) is 4.42 Å². The van der Waals surface area contributed by atoms with Crippen LogP contribution in [0.3, 0.4) is 0 Å². The van der Waals surface area contributed by atoms with Gasteiger partial charge >= 0.3 is 5.97 Å². The van der Waals surface area contributed by atoms with Crippen LogP contribution in [0.4, 0.5) is 5.00 Å². The van der Waals surface area contributed by atoms with Crippen LogP contribution in [0.5, 0.6) is 0 Å². The quantitative estimate of drug-likeness (QED) is 0.904. The zero-order chi connectivity index (χ0) is 14.9. The van der Waals surface area contributed by atoms with E-state index in [1.54, 1.807) is 19.1 Å². The Morgan fingerprint density at radius 3 is 2.60 bits per heavy atom. The first-order valence-corrected chi connectivity index (χ1v) is 6.99. The molecule has 0 aliphatic heterocycles. The number of rotatable bonds is 4. The molecule has 0 unspecified atom stereocenters. The van der Waals surface area contributed by atoms with Crippen molar-refractivity contribution in [2.24, 2.45) is 0 Å². The van der Waals surface area contributed by atoms with Crippen molar-refractivity contribution in [3.8, 4) is 0 Å². The highest BCUT2D eigenvalue weighted by molar-refractivity contribution is 7.16. The van der Waals surface area contributed by atoms with E-state index >= 15 is 0 Å². The Morgan fingerprint density at radius 2 is 2.05 bits per heavy atom. The fourth-order valence-corrected chi connectivity index (χ4v) is 2.87. The van der Waals surface area contributed by atoms with E-state index in [0.29, 0.717) is 22.7 Å². The Labute approximate surface area is 120 Å². The highest BCUT2D eigenvalue weighted by atomic mass is 32.1. The van der Waals surface area contributed by atoms with Crippen LogP contribution in [-0.4, -0.2) is 17.0 Å². The van der Waals surface area contributed by atoms with Gasteiger partial charge in [-0.2, -0.15) is 0 Å². The van der Waals surface area contributed by atoms with Crippen molar-refractivity contribution in [2.75, 3.05) is 5.32 Å². The number of aryl methyl sites for hydroxylation is 2. The summed E-state index contributed by atoms with van der Waals surface area (Å²) in [5.74, 6) is -0.585. The monoisotopic (exact) mass is 293 g/mol. The summed E-state index contributed by atoms with van der Waals surface area (Å²) in [5, 5.41) is 12.2. The molecule has 2 heterocycles. The van der Waals surface area contributed by atoms with Crippen LogP contribution in [0.1, 0.15) is 44.0 Å². The highest BCUT2D eigenvalue weighted by Crippen LogP contribution is 2.32. The molecule has 0 atom stereocenters. The fraction of sp³-hybridized carbons (Fsp3) is 0.286. The summed E-state index contributed by atoms with van der Waals surface area (Å²) >= 11 is 1.25. The molecule has 20 heavy (non-hydrogen) atoms. The SMILES string of the molecule is CCc1ccc(C(=O)Nc2sc(C)c(C)c2C(=O)O)o1. The summed E-state index contributed by atoms with van der Waals surface area (Å²) in [6.07, 6.45) is 0.699. The molecule has 1 amide bonds. The molecule has 2 aromatic heterocycles. The molecule has 2 aromatic rings. The van der Waals surface area contributed by atoms with Gasteiger partial charge in [-0.15, -0.1) is 11.3 Å². The Balaban J connectivity index is 2.28. The molecule has 2 rings (SSSR count). The van der Waals surface area contributed by atoms with Crippen molar-refractivity contribution in [3.05, 3.63) is 39.7 Å². The van der Waals surface area contributed by atoms with Crippen LogP contribution in [0.25, 0.3) is 0 Å². The first-order valence-electron chi connectivity index (χ1n) is 6.17. The predicted octanol–water partition coefficient (Wildman–Crippen LogP) is 3.47. The zero-order valence-corrected chi connectivity index (χ0v) is 12.3. The highest BCUT2D eigenvalue weighted by Gasteiger charge is 2.21. The second-order valence-electron chi connectivity index (χ2n) is 4.37. The molecule has 0 saturated heterocycles. The summed E-state index contributed by atoms with van der Waals surface area (Å²) in [6.45, 7) is 5.48. The number of hydrogen-bond donors (Lipinski definition) is 2. The van der Waals surface area contributed by atoms with Gasteiger partial charge in [0.05, 0.1) is 5.56 Å². The molecule has 0 saturated carbocycles. The smallest absolute Gasteiger partial charge is 0.338 e. The van der Waals surface area contributed by atoms with Gasteiger partial charge in [0.25, 0.3) is 5.91 Å². The zero-order valence-electron chi connectivity index (χ0n) is 11.4. The van der Waals surface area contributed by atoms with E-state index in [1.807, 2.05) is 13.8 Å². The maximum Gasteiger partial charge on any atom is 0.338 e. The lowest BCUT2D eigenvalue weighted by Gasteiger charge is -2.02. The van der Waals surface area contributed by atoms with Crippen LogP contribution in [-0.2, 0) is 6.42 Å². The number of carbonyl (C=O) groups is 2. The average Bonchev–Trinajstić information content (AvgIpc) is 2.95. The van der Waals surface area contributed by atoms with Gasteiger partial charge in [0.15, 0.2) is 5.76 Å². The number of hydrogen-bond acceptors (Lipinski definition) is 4. The van der Waals surface area contributed by atoms with Gasteiger partial charge in [0.2, 0.25) is 0 Å². The van der Waals surface area contributed by atoms with E-state index < -0.39 is 11.9 Å². The Morgan fingerprint density at radius 1 is 1.35 bits per heavy atom. The Kier molecular flexibility index (Phi) is 3.94. The lowest BCUT2D eigenvalue weighted by atomic mass is 10.1. The third kappa shape index (κ3) is 2.60. The number of carbonyl (C=O) groups excluding carboxylic acids is 1. The minimum Gasteiger partial charge on any atom is -0.478 e. The van der Waals surface area contributed by atoms with Crippen molar-refractivity contribution in [2.45, 2.75) is 27.2 Å². The Hall–Kier alpha value is -2.08. The number of amides is 1. The fourth-order valence-electron chi connectivity index (χ4n) is 1.83. The number of thiophene rings is 1. The van der Waals surface area contributed by atoms with Gasteiger partial charge in [-0.25, -0.2) is 4.79 Å². The van der Waals surface area contributed by atoms with Crippen LogP contribution in [0.15, 0.2) is 16.5 Å². The van der Waals surface area contributed by atoms with Gasteiger partial charge in [-0.3, -0.25) is 4.79 Å². The number of carboxylic acid groups (broad SMARTS) is 1. The summed E-state index contributed by atoms with van der Waals surface area (Å²) in [4.78, 5) is 24.2. The molecule has 2 N–H and O–H groups in total. The number of aromatic carboxylic acids is 1. The van der Waals surface area contributed by atoms with Crippen molar-refractivity contribution in [3.63, 3.8) is 0 Å². The second kappa shape index (κ2) is 5.50. The van der Waals surface area contributed by atoms with Crippen LogP contribution < -0.4 is 5.32 Å². The molecule has 0 aromatic carbocycles. The maximum atomic E-state index is 12.0. The van der Waals surface area contributed by atoms with Crippen LogP contribution >= 0.6 is 11.3 Å². The number of nitrogens with one attached hydrogen (secondary N) is 1. The van der Waals surface area contributed by atoms with E-state index in [0.717, 1.165) is 4.88 Å². The first kappa shape index (κ1) is 14.3. The van der Waals surface area contributed by atoms with Gasteiger partial charge in [0, 0.05) is 11.3 Å². The van der Waals surface area contributed by atoms with Gasteiger partial charge in [-0.05, 0) is 31.5 Å². The van der Waals surface area contributed by atoms with Crippen molar-refractivity contribution < 1.29 is 19.1 Å². The first-order chi connectivity index (χ1) is 9.43. The molecular weight excluding hydrogens is 278 g/mol. The van der Waals surface area contributed by atoms with Gasteiger partial charge in [0.1, 0.15) is 10.8 Å². The molecule has 6 heteroatoms. The van der Waals surface area contributed by atoms with Crippen LogP contribution in [0, 0.1) is 13.8 Å². The van der Waals surface area contributed by atoms with E-state index in [9.17, 15) is 14.7 Å². The molecule has 5 nitrogen and oxygen atoms in total. The average molecular weight is 293 g/mol. The summed E-state index contributed by atoms with van der Waals surface area (Å²) in [5.41, 5.74) is 0.814. The summed E-state index contributed by atoms with van der Waals surface area (Å²) < 4.78 is 5.35. The van der Waals surface area contributed by atoms with E-state index in [-0.39, 0.29) is 11.3 Å². The minimum absolute atomic E-state index is 0.142. The van der Waals surface area contributed by atoms with E-state index in [2.05, 4.69) is 5.32 Å². The third-order valence-corrected chi connectivity index (χ3v) is 4.18. The summed E-state index contributed by atoms with van der Waals surface area (Å²) in [6, 6.07) is 3.32.